The number of benzene rings is 1. The van der Waals surface area contributed by atoms with Crippen LogP contribution in [0.2, 0.25) is 0 Å². The molecule has 0 aliphatic carbocycles. The summed E-state index contributed by atoms with van der Waals surface area (Å²) in [5.74, 6) is -1.11. The molecule has 0 saturated carbocycles. The maximum Gasteiger partial charge on any atom is 0.379 e. The number of methoxy groups -OCH3 is 1. The minimum atomic E-state index is -0.683. The van der Waals surface area contributed by atoms with E-state index >= 15 is 0 Å². The topological polar surface area (TPSA) is 65.7 Å². The maximum absolute atomic E-state index is 11.7. The van der Waals surface area contributed by atoms with Gasteiger partial charge in [0.25, 0.3) is 0 Å². The summed E-state index contributed by atoms with van der Waals surface area (Å²) in [6.45, 7) is 0. The molecule has 5 nitrogen and oxygen atoms in total. The van der Waals surface area contributed by atoms with Crippen LogP contribution in [0.5, 0.6) is 5.75 Å². The van der Waals surface area contributed by atoms with E-state index in [1.165, 1.54) is 31.6 Å². The molecule has 1 heterocycles. The van der Waals surface area contributed by atoms with Crippen LogP contribution in [-0.4, -0.2) is 19.0 Å². The molecular weight excluding hydrogens is 316 g/mol. The highest BCUT2D eigenvalue weighted by molar-refractivity contribution is 9.10. The summed E-state index contributed by atoms with van der Waals surface area (Å²) in [6.07, 6.45) is 1.36. The lowest BCUT2D eigenvalue weighted by Gasteiger charge is -2.08. The van der Waals surface area contributed by atoms with Crippen molar-refractivity contribution in [1.82, 2.24) is 0 Å². The fraction of sp³-hybridized carbons (Fsp3) is 0.0769. The number of esters is 2. The molecule has 19 heavy (non-hydrogen) atoms. The molecule has 6 heteroatoms. The predicted octanol–water partition coefficient (Wildman–Crippen LogP) is 3.05. The van der Waals surface area contributed by atoms with Gasteiger partial charge in [0.15, 0.2) is 0 Å². The van der Waals surface area contributed by atoms with Crippen LogP contribution in [0.3, 0.4) is 0 Å². The van der Waals surface area contributed by atoms with Crippen molar-refractivity contribution in [3.05, 3.63) is 52.4 Å². The third kappa shape index (κ3) is 3.03. The van der Waals surface area contributed by atoms with Crippen molar-refractivity contribution in [3.63, 3.8) is 0 Å². The van der Waals surface area contributed by atoms with Crippen molar-refractivity contribution in [3.8, 4) is 5.75 Å². The van der Waals surface area contributed by atoms with Gasteiger partial charge in [-0.25, -0.2) is 9.59 Å². The van der Waals surface area contributed by atoms with Gasteiger partial charge in [0.2, 0.25) is 5.76 Å². The van der Waals surface area contributed by atoms with Crippen molar-refractivity contribution in [1.29, 1.82) is 0 Å². The number of carbonyl (C=O) groups excluding carboxylic acids is 2. The van der Waals surface area contributed by atoms with Crippen LogP contribution >= 0.6 is 15.9 Å². The molecule has 0 atom stereocenters. The van der Waals surface area contributed by atoms with Gasteiger partial charge in [0.1, 0.15) is 11.3 Å². The molecule has 0 spiro atoms. The molecule has 0 bridgehead atoms. The van der Waals surface area contributed by atoms with Crippen LogP contribution in [0.1, 0.15) is 20.9 Å². The lowest BCUT2D eigenvalue weighted by molar-refractivity contribution is 0.0591. The van der Waals surface area contributed by atoms with E-state index in [0.717, 1.165) is 0 Å². The van der Waals surface area contributed by atoms with Gasteiger partial charge in [0.05, 0.1) is 13.4 Å². The van der Waals surface area contributed by atoms with Gasteiger partial charge < -0.3 is 13.9 Å². The number of hydrogen-bond donors (Lipinski definition) is 0. The second-order valence-corrected chi connectivity index (χ2v) is 4.41. The quantitative estimate of drug-likeness (QED) is 0.641. The van der Waals surface area contributed by atoms with E-state index in [2.05, 4.69) is 20.7 Å². The first kappa shape index (κ1) is 13.4. The normalized spacial score (nSPS) is 10.0. The molecule has 0 aliphatic rings. The minimum absolute atomic E-state index is 0.0544. The van der Waals surface area contributed by atoms with Crippen molar-refractivity contribution in [2.24, 2.45) is 0 Å². The Labute approximate surface area is 117 Å². The molecule has 0 unspecified atom stereocenters. The predicted molar refractivity (Wildman–Crippen MR) is 69.1 cm³/mol. The molecule has 0 aliphatic heterocycles. The SMILES string of the molecule is COC(=O)c1cc(Br)ccc1OC(=O)c1ccco1. The Kier molecular flexibility index (Phi) is 4.01. The van der Waals surface area contributed by atoms with Crippen LogP contribution in [0.15, 0.2) is 45.5 Å². The Balaban J connectivity index is 2.29. The Hall–Kier alpha value is -2.08. The highest BCUT2D eigenvalue weighted by Gasteiger charge is 2.18. The van der Waals surface area contributed by atoms with Gasteiger partial charge in [-0.15, -0.1) is 0 Å². The average molecular weight is 325 g/mol. The Bertz CT molecular complexity index is 604. The van der Waals surface area contributed by atoms with Crippen LogP contribution < -0.4 is 4.74 Å². The fourth-order valence-electron chi connectivity index (χ4n) is 1.41. The maximum atomic E-state index is 11.7. The van der Waals surface area contributed by atoms with Crippen molar-refractivity contribution in [2.75, 3.05) is 7.11 Å². The van der Waals surface area contributed by atoms with Crippen molar-refractivity contribution < 1.29 is 23.5 Å². The van der Waals surface area contributed by atoms with E-state index < -0.39 is 11.9 Å². The lowest BCUT2D eigenvalue weighted by atomic mass is 10.2. The van der Waals surface area contributed by atoms with E-state index in [4.69, 9.17) is 9.15 Å². The second-order valence-electron chi connectivity index (χ2n) is 3.50. The Morgan fingerprint density at radius 3 is 2.63 bits per heavy atom. The zero-order valence-corrected chi connectivity index (χ0v) is 11.5. The molecule has 0 fully saturated rings. The minimum Gasteiger partial charge on any atom is -0.465 e. The van der Waals surface area contributed by atoms with E-state index in [0.29, 0.717) is 4.47 Å². The summed E-state index contributed by atoms with van der Waals surface area (Å²) >= 11 is 3.23. The zero-order valence-electron chi connectivity index (χ0n) is 9.88. The molecule has 2 aromatic rings. The molecule has 98 valence electrons. The fourth-order valence-corrected chi connectivity index (χ4v) is 1.77. The van der Waals surface area contributed by atoms with Crippen LogP contribution in [0, 0.1) is 0 Å². The first-order chi connectivity index (χ1) is 9.11. The average Bonchev–Trinajstić information content (AvgIpc) is 2.94. The van der Waals surface area contributed by atoms with Crippen molar-refractivity contribution >= 4 is 27.9 Å². The molecule has 0 saturated heterocycles. The third-order valence-electron chi connectivity index (χ3n) is 2.27. The summed E-state index contributed by atoms with van der Waals surface area (Å²) in [7, 11) is 1.25. The number of halogens is 1. The van der Waals surface area contributed by atoms with Gasteiger partial charge in [-0.2, -0.15) is 0 Å². The molecule has 1 aromatic carbocycles. The van der Waals surface area contributed by atoms with E-state index in [9.17, 15) is 9.59 Å². The Morgan fingerprint density at radius 2 is 2.00 bits per heavy atom. The van der Waals surface area contributed by atoms with Gasteiger partial charge in [-0.05, 0) is 30.3 Å². The summed E-state index contributed by atoms with van der Waals surface area (Å²) in [4.78, 5) is 23.3. The van der Waals surface area contributed by atoms with Crippen LogP contribution in [-0.2, 0) is 4.74 Å². The molecule has 2 rings (SSSR count). The van der Waals surface area contributed by atoms with Gasteiger partial charge in [-0.1, -0.05) is 15.9 Å². The van der Waals surface area contributed by atoms with E-state index in [-0.39, 0.29) is 17.1 Å². The monoisotopic (exact) mass is 324 g/mol. The smallest absolute Gasteiger partial charge is 0.379 e. The first-order valence-electron chi connectivity index (χ1n) is 5.25. The largest absolute Gasteiger partial charge is 0.465 e. The standard InChI is InChI=1S/C13H9BrO5/c1-17-12(15)9-7-8(14)4-5-10(9)19-13(16)11-3-2-6-18-11/h2-7H,1H3. The van der Waals surface area contributed by atoms with Gasteiger partial charge >= 0.3 is 11.9 Å². The second kappa shape index (κ2) is 5.71. The molecule has 1 aromatic heterocycles. The van der Waals surface area contributed by atoms with E-state index in [1.807, 2.05) is 0 Å². The third-order valence-corrected chi connectivity index (χ3v) is 2.77. The molecule has 0 amide bonds. The number of rotatable bonds is 3. The number of ether oxygens (including phenoxy) is 2. The zero-order chi connectivity index (χ0) is 13.8. The summed E-state index contributed by atoms with van der Waals surface area (Å²) < 4.78 is 15.3. The highest BCUT2D eigenvalue weighted by Crippen LogP contribution is 2.24. The molecule has 0 radical (unpaired) electrons. The van der Waals surface area contributed by atoms with Gasteiger partial charge in [-0.3, -0.25) is 0 Å². The number of hydrogen-bond acceptors (Lipinski definition) is 5. The number of furan rings is 1. The first-order valence-corrected chi connectivity index (χ1v) is 6.04. The van der Waals surface area contributed by atoms with Crippen molar-refractivity contribution in [2.45, 2.75) is 0 Å². The molecular formula is C13H9BrO5. The van der Waals surface area contributed by atoms with Gasteiger partial charge in [0, 0.05) is 4.47 Å². The highest BCUT2D eigenvalue weighted by atomic mass is 79.9. The Morgan fingerprint density at radius 1 is 1.21 bits per heavy atom. The summed E-state index contributed by atoms with van der Waals surface area (Å²) in [5.41, 5.74) is 0.150. The summed E-state index contributed by atoms with van der Waals surface area (Å²) in [6, 6.07) is 7.70. The van der Waals surface area contributed by atoms with Crippen LogP contribution in [0.4, 0.5) is 0 Å². The molecule has 0 N–H and O–H groups in total. The number of carbonyl (C=O) groups is 2. The summed E-state index contributed by atoms with van der Waals surface area (Å²) in [5, 5.41) is 0. The van der Waals surface area contributed by atoms with E-state index in [1.54, 1.807) is 12.1 Å². The lowest BCUT2D eigenvalue weighted by Crippen LogP contribution is -2.11. The van der Waals surface area contributed by atoms with Crippen LogP contribution in [0.25, 0.3) is 0 Å².